The summed E-state index contributed by atoms with van der Waals surface area (Å²) in [5, 5.41) is 20.9. The minimum Gasteiger partial charge on any atom is -0.511 e. The zero-order valence-electron chi connectivity index (χ0n) is 12.3. The average molecular weight is 264 g/mol. The summed E-state index contributed by atoms with van der Waals surface area (Å²) in [6.45, 7) is 8.11. The first-order chi connectivity index (χ1) is 8.75. The Hall–Kier alpha value is -1.50. The maximum absolute atomic E-state index is 11.8. The molecule has 0 unspecified atom stereocenters. The number of nitriles is 1. The summed E-state index contributed by atoms with van der Waals surface area (Å²) in [6, 6.07) is 1.86. The van der Waals surface area contributed by atoms with Gasteiger partial charge in [-0.3, -0.25) is 4.79 Å². The van der Waals surface area contributed by atoms with E-state index in [1.54, 1.807) is 6.07 Å². The SMILES string of the molecule is C/C(O)=C(\C#N)C(=O)N[C@H]1CC[C@H](C(C)(C)C)CC1. The Balaban J connectivity index is 2.53. The summed E-state index contributed by atoms with van der Waals surface area (Å²) in [5.41, 5.74) is 0.131. The molecule has 0 aromatic heterocycles. The maximum atomic E-state index is 11.8. The van der Waals surface area contributed by atoms with Crippen LogP contribution in [0, 0.1) is 22.7 Å². The minimum atomic E-state index is -0.457. The van der Waals surface area contributed by atoms with E-state index in [1.165, 1.54) is 6.92 Å². The van der Waals surface area contributed by atoms with Gasteiger partial charge in [0.25, 0.3) is 5.91 Å². The van der Waals surface area contributed by atoms with Crippen molar-refractivity contribution in [2.75, 3.05) is 0 Å². The number of amides is 1. The van der Waals surface area contributed by atoms with Crippen LogP contribution in [0.1, 0.15) is 53.4 Å². The highest BCUT2D eigenvalue weighted by molar-refractivity contribution is 5.97. The molecule has 0 radical (unpaired) electrons. The summed E-state index contributed by atoms with van der Waals surface area (Å²) < 4.78 is 0. The molecule has 1 aliphatic rings. The molecule has 0 heterocycles. The van der Waals surface area contributed by atoms with Gasteiger partial charge in [0.05, 0.1) is 0 Å². The summed E-state index contributed by atoms with van der Waals surface area (Å²) >= 11 is 0. The van der Waals surface area contributed by atoms with Crippen LogP contribution in [0.5, 0.6) is 0 Å². The average Bonchev–Trinajstić information content (AvgIpc) is 2.28. The van der Waals surface area contributed by atoms with Crippen LogP contribution < -0.4 is 5.32 Å². The normalized spacial score (nSPS) is 25.2. The predicted octanol–water partition coefficient (Wildman–Crippen LogP) is 3.06. The van der Waals surface area contributed by atoms with Crippen molar-refractivity contribution in [2.24, 2.45) is 11.3 Å². The molecule has 106 valence electrons. The van der Waals surface area contributed by atoms with Crippen LogP contribution in [-0.4, -0.2) is 17.1 Å². The van der Waals surface area contributed by atoms with Gasteiger partial charge in [0.15, 0.2) is 5.57 Å². The summed E-state index contributed by atoms with van der Waals surface area (Å²) in [5.74, 6) is 0.0105. The monoisotopic (exact) mass is 264 g/mol. The minimum absolute atomic E-state index is 0.119. The molecule has 1 fully saturated rings. The van der Waals surface area contributed by atoms with Crippen LogP contribution in [0.3, 0.4) is 0 Å². The highest BCUT2D eigenvalue weighted by Gasteiger charge is 2.30. The van der Waals surface area contributed by atoms with Crippen molar-refractivity contribution in [3.63, 3.8) is 0 Å². The summed E-state index contributed by atoms with van der Waals surface area (Å²) in [7, 11) is 0. The number of carbonyl (C=O) groups is 1. The quantitative estimate of drug-likeness (QED) is 0.457. The van der Waals surface area contributed by atoms with Crippen molar-refractivity contribution in [1.29, 1.82) is 5.26 Å². The number of rotatable bonds is 2. The Labute approximate surface area is 115 Å². The topological polar surface area (TPSA) is 73.1 Å². The van der Waals surface area contributed by atoms with Crippen LogP contribution in [0.4, 0.5) is 0 Å². The lowest BCUT2D eigenvalue weighted by Gasteiger charge is -2.37. The number of hydrogen-bond donors (Lipinski definition) is 2. The molecule has 4 heteroatoms. The molecule has 0 bridgehead atoms. The van der Waals surface area contributed by atoms with Gasteiger partial charge in [0.2, 0.25) is 0 Å². The fraction of sp³-hybridized carbons (Fsp3) is 0.733. The molecule has 4 nitrogen and oxygen atoms in total. The van der Waals surface area contributed by atoms with E-state index >= 15 is 0 Å². The molecule has 0 saturated heterocycles. The van der Waals surface area contributed by atoms with Crippen LogP contribution >= 0.6 is 0 Å². The number of nitrogens with zero attached hydrogens (tertiary/aromatic N) is 1. The molecule has 2 N–H and O–H groups in total. The van der Waals surface area contributed by atoms with Gasteiger partial charge >= 0.3 is 0 Å². The first-order valence-corrected chi connectivity index (χ1v) is 6.86. The van der Waals surface area contributed by atoms with Gasteiger partial charge in [0.1, 0.15) is 11.8 Å². The third-order valence-electron chi connectivity index (χ3n) is 3.99. The largest absolute Gasteiger partial charge is 0.511 e. The first kappa shape index (κ1) is 15.6. The number of aliphatic hydroxyl groups excluding tert-OH is 1. The third-order valence-corrected chi connectivity index (χ3v) is 3.99. The molecule has 1 aliphatic carbocycles. The molecule has 0 atom stereocenters. The van der Waals surface area contributed by atoms with Gasteiger partial charge in [-0.25, -0.2) is 0 Å². The van der Waals surface area contributed by atoms with Crippen molar-refractivity contribution in [1.82, 2.24) is 5.32 Å². The standard InChI is InChI=1S/C15H24N2O2/c1-10(18)13(9-16)14(19)17-12-7-5-11(6-8-12)15(2,3)4/h11-12,18H,5-8H2,1-4H3,(H,17,19)/b13-10-/t11-,12-. The Kier molecular flexibility index (Phi) is 4.99. The number of nitrogens with one attached hydrogen (secondary N) is 1. The number of hydrogen-bond acceptors (Lipinski definition) is 3. The number of allylic oxidation sites excluding steroid dienone is 1. The highest BCUT2D eigenvalue weighted by Crippen LogP contribution is 2.37. The molecule has 1 saturated carbocycles. The second-order valence-corrected chi connectivity index (χ2v) is 6.46. The van der Waals surface area contributed by atoms with Gasteiger partial charge < -0.3 is 10.4 Å². The van der Waals surface area contributed by atoms with E-state index < -0.39 is 5.91 Å². The fourth-order valence-corrected chi connectivity index (χ4v) is 2.66. The van der Waals surface area contributed by atoms with E-state index in [2.05, 4.69) is 26.1 Å². The van der Waals surface area contributed by atoms with Crippen molar-refractivity contribution in [3.8, 4) is 6.07 Å². The van der Waals surface area contributed by atoms with Crippen LogP contribution in [0.25, 0.3) is 0 Å². The summed E-state index contributed by atoms with van der Waals surface area (Å²) in [4.78, 5) is 11.8. The van der Waals surface area contributed by atoms with Gasteiger partial charge in [-0.15, -0.1) is 0 Å². The van der Waals surface area contributed by atoms with E-state index in [-0.39, 0.29) is 17.4 Å². The van der Waals surface area contributed by atoms with Crippen molar-refractivity contribution in [2.45, 2.75) is 59.4 Å². The van der Waals surface area contributed by atoms with E-state index in [9.17, 15) is 9.90 Å². The molecule has 0 aliphatic heterocycles. The molecular formula is C15H24N2O2. The van der Waals surface area contributed by atoms with Gasteiger partial charge in [-0.1, -0.05) is 20.8 Å². The molecule has 1 amide bonds. The van der Waals surface area contributed by atoms with Gasteiger partial charge in [0, 0.05) is 6.04 Å². The molecule has 1 rings (SSSR count). The zero-order chi connectivity index (χ0) is 14.6. The van der Waals surface area contributed by atoms with Crippen molar-refractivity contribution in [3.05, 3.63) is 11.3 Å². The molecular weight excluding hydrogens is 240 g/mol. The van der Waals surface area contributed by atoms with E-state index in [0.29, 0.717) is 11.3 Å². The van der Waals surface area contributed by atoms with Crippen molar-refractivity contribution < 1.29 is 9.90 Å². The molecule has 0 spiro atoms. The third kappa shape index (κ3) is 4.27. The van der Waals surface area contributed by atoms with Crippen LogP contribution in [0.15, 0.2) is 11.3 Å². The zero-order valence-corrected chi connectivity index (χ0v) is 12.3. The van der Waals surface area contributed by atoms with Gasteiger partial charge in [-0.2, -0.15) is 5.26 Å². The smallest absolute Gasteiger partial charge is 0.265 e. The molecule has 19 heavy (non-hydrogen) atoms. The highest BCUT2D eigenvalue weighted by atomic mass is 16.3. The second kappa shape index (κ2) is 6.10. The summed E-state index contributed by atoms with van der Waals surface area (Å²) in [6.07, 6.45) is 4.07. The predicted molar refractivity (Wildman–Crippen MR) is 74.3 cm³/mol. The number of aliphatic hydroxyl groups is 1. The number of carbonyl (C=O) groups excluding carboxylic acids is 1. The van der Waals surface area contributed by atoms with Crippen LogP contribution in [-0.2, 0) is 4.79 Å². The molecule has 0 aromatic rings. The lowest BCUT2D eigenvalue weighted by molar-refractivity contribution is -0.118. The Morgan fingerprint density at radius 3 is 2.16 bits per heavy atom. The maximum Gasteiger partial charge on any atom is 0.265 e. The lowest BCUT2D eigenvalue weighted by Crippen LogP contribution is -2.40. The first-order valence-electron chi connectivity index (χ1n) is 6.86. The van der Waals surface area contributed by atoms with E-state index in [4.69, 9.17) is 5.26 Å². The fourth-order valence-electron chi connectivity index (χ4n) is 2.66. The Bertz CT molecular complexity index is 401. The van der Waals surface area contributed by atoms with E-state index in [0.717, 1.165) is 25.7 Å². The Morgan fingerprint density at radius 2 is 1.79 bits per heavy atom. The van der Waals surface area contributed by atoms with Crippen LogP contribution in [0.2, 0.25) is 0 Å². The second-order valence-electron chi connectivity index (χ2n) is 6.46. The molecule has 0 aromatic carbocycles. The van der Waals surface area contributed by atoms with Crippen molar-refractivity contribution >= 4 is 5.91 Å². The van der Waals surface area contributed by atoms with Gasteiger partial charge in [-0.05, 0) is 43.9 Å². The lowest BCUT2D eigenvalue weighted by atomic mass is 9.71. The Morgan fingerprint density at radius 1 is 1.26 bits per heavy atom. The van der Waals surface area contributed by atoms with E-state index in [1.807, 2.05) is 0 Å².